The predicted molar refractivity (Wildman–Crippen MR) is 125 cm³/mol. The van der Waals surface area contributed by atoms with Gasteiger partial charge in [0.25, 0.3) is 11.8 Å². The van der Waals surface area contributed by atoms with Crippen LogP contribution in [-0.2, 0) is 4.74 Å². The van der Waals surface area contributed by atoms with Gasteiger partial charge in [-0.2, -0.15) is 0 Å². The molecule has 0 aliphatic carbocycles. The van der Waals surface area contributed by atoms with Gasteiger partial charge < -0.3 is 20.3 Å². The molecular formula is C25H26N4O3. The van der Waals surface area contributed by atoms with Gasteiger partial charge in [0.1, 0.15) is 5.82 Å². The van der Waals surface area contributed by atoms with Crippen molar-refractivity contribution in [2.75, 3.05) is 28.6 Å². The zero-order valence-corrected chi connectivity index (χ0v) is 18.1. The average Bonchev–Trinajstić information content (AvgIpc) is 2.79. The highest BCUT2D eigenvalue weighted by Gasteiger charge is 2.23. The second-order valence-corrected chi connectivity index (χ2v) is 7.92. The number of benzene rings is 2. The summed E-state index contributed by atoms with van der Waals surface area (Å²) in [6.07, 6.45) is 1.85. The lowest BCUT2D eigenvalue weighted by Gasteiger charge is -2.36. The molecule has 3 aromatic rings. The Morgan fingerprint density at radius 1 is 0.844 bits per heavy atom. The lowest BCUT2D eigenvalue weighted by Crippen LogP contribution is -2.45. The summed E-state index contributed by atoms with van der Waals surface area (Å²) in [6, 6.07) is 19.6. The Labute approximate surface area is 187 Å². The van der Waals surface area contributed by atoms with Gasteiger partial charge in [0.2, 0.25) is 0 Å². The minimum absolute atomic E-state index is 0.137. The number of ether oxygens (including phenoxy) is 1. The summed E-state index contributed by atoms with van der Waals surface area (Å²) in [5, 5.41) is 5.71. The van der Waals surface area contributed by atoms with Crippen LogP contribution in [0.4, 0.5) is 17.2 Å². The Morgan fingerprint density at radius 2 is 1.47 bits per heavy atom. The minimum atomic E-state index is -0.265. The van der Waals surface area contributed by atoms with Crippen molar-refractivity contribution in [2.45, 2.75) is 26.1 Å². The van der Waals surface area contributed by atoms with Crippen LogP contribution in [0.3, 0.4) is 0 Å². The molecule has 0 bridgehead atoms. The SMILES string of the molecule is CC1CN(c2ccc(C(=O)Nc3cccc(NC(=O)c4ccccc4)c3)cn2)CC(C)O1. The molecule has 2 amide bonds. The van der Waals surface area contributed by atoms with Gasteiger partial charge in [-0.3, -0.25) is 9.59 Å². The molecule has 2 N–H and O–H groups in total. The highest BCUT2D eigenvalue weighted by molar-refractivity contribution is 6.06. The van der Waals surface area contributed by atoms with Crippen LogP contribution in [0.15, 0.2) is 72.9 Å². The number of anilines is 3. The second-order valence-electron chi connectivity index (χ2n) is 7.92. The zero-order valence-electron chi connectivity index (χ0n) is 18.1. The molecule has 7 nitrogen and oxygen atoms in total. The van der Waals surface area contributed by atoms with Gasteiger partial charge in [-0.05, 0) is 56.3 Å². The zero-order chi connectivity index (χ0) is 22.5. The Bertz CT molecular complexity index is 1080. The van der Waals surface area contributed by atoms with E-state index >= 15 is 0 Å². The molecule has 0 spiro atoms. The third-order valence-corrected chi connectivity index (χ3v) is 5.17. The summed E-state index contributed by atoms with van der Waals surface area (Å²) in [6.45, 7) is 5.62. The Balaban J connectivity index is 1.39. The van der Waals surface area contributed by atoms with Crippen molar-refractivity contribution in [3.8, 4) is 0 Å². The van der Waals surface area contributed by atoms with E-state index in [2.05, 4.69) is 20.5 Å². The fourth-order valence-corrected chi connectivity index (χ4v) is 3.74. The first-order valence-electron chi connectivity index (χ1n) is 10.6. The van der Waals surface area contributed by atoms with E-state index < -0.39 is 0 Å². The van der Waals surface area contributed by atoms with E-state index in [-0.39, 0.29) is 24.0 Å². The van der Waals surface area contributed by atoms with E-state index in [0.29, 0.717) is 22.5 Å². The third kappa shape index (κ3) is 5.31. The van der Waals surface area contributed by atoms with E-state index in [1.807, 2.05) is 38.1 Å². The molecule has 2 unspecified atom stereocenters. The number of pyridine rings is 1. The average molecular weight is 431 g/mol. The molecule has 4 rings (SSSR count). The van der Waals surface area contributed by atoms with E-state index in [1.165, 1.54) is 0 Å². The van der Waals surface area contributed by atoms with Crippen molar-refractivity contribution in [3.05, 3.63) is 84.1 Å². The van der Waals surface area contributed by atoms with Crippen LogP contribution in [0.5, 0.6) is 0 Å². The first kappa shape index (κ1) is 21.5. The Hall–Kier alpha value is -3.71. The molecule has 2 atom stereocenters. The highest BCUT2D eigenvalue weighted by atomic mass is 16.5. The van der Waals surface area contributed by atoms with Crippen molar-refractivity contribution in [1.29, 1.82) is 0 Å². The lowest BCUT2D eigenvalue weighted by molar-refractivity contribution is -0.00546. The number of morpholine rings is 1. The molecule has 1 aromatic heterocycles. The first-order chi connectivity index (χ1) is 15.5. The number of carbonyl (C=O) groups excluding carboxylic acids is 2. The molecule has 0 radical (unpaired) electrons. The third-order valence-electron chi connectivity index (χ3n) is 5.17. The summed E-state index contributed by atoms with van der Waals surface area (Å²) < 4.78 is 5.77. The van der Waals surface area contributed by atoms with E-state index in [0.717, 1.165) is 18.9 Å². The van der Waals surface area contributed by atoms with E-state index in [1.54, 1.807) is 48.7 Å². The summed E-state index contributed by atoms with van der Waals surface area (Å²) in [4.78, 5) is 31.7. The molecule has 1 fully saturated rings. The molecule has 0 saturated carbocycles. The minimum Gasteiger partial charge on any atom is -0.372 e. The highest BCUT2D eigenvalue weighted by Crippen LogP contribution is 2.20. The summed E-state index contributed by atoms with van der Waals surface area (Å²) in [5.74, 6) is 0.356. The van der Waals surface area contributed by atoms with Gasteiger partial charge >= 0.3 is 0 Å². The maximum absolute atomic E-state index is 12.7. The number of nitrogens with one attached hydrogen (secondary N) is 2. The van der Waals surface area contributed by atoms with Gasteiger partial charge in [0.15, 0.2) is 0 Å². The van der Waals surface area contributed by atoms with Gasteiger partial charge in [0.05, 0.1) is 17.8 Å². The normalized spacial score (nSPS) is 18.1. The van der Waals surface area contributed by atoms with Crippen molar-refractivity contribution >= 4 is 29.0 Å². The van der Waals surface area contributed by atoms with Crippen LogP contribution in [0, 0.1) is 0 Å². The smallest absolute Gasteiger partial charge is 0.257 e. The lowest BCUT2D eigenvalue weighted by atomic mass is 10.2. The number of rotatable bonds is 5. The number of carbonyl (C=O) groups is 2. The number of nitrogens with zero attached hydrogens (tertiary/aromatic N) is 2. The number of amides is 2. The number of hydrogen-bond donors (Lipinski definition) is 2. The molecule has 1 aliphatic rings. The van der Waals surface area contributed by atoms with Crippen molar-refractivity contribution < 1.29 is 14.3 Å². The molecule has 164 valence electrons. The fraction of sp³-hybridized carbons (Fsp3) is 0.240. The van der Waals surface area contributed by atoms with E-state index in [4.69, 9.17) is 4.74 Å². The van der Waals surface area contributed by atoms with Crippen LogP contribution < -0.4 is 15.5 Å². The van der Waals surface area contributed by atoms with Crippen LogP contribution in [0.25, 0.3) is 0 Å². The first-order valence-corrected chi connectivity index (χ1v) is 10.6. The molecule has 2 aromatic carbocycles. The topological polar surface area (TPSA) is 83.6 Å². The Kier molecular flexibility index (Phi) is 6.47. The maximum atomic E-state index is 12.7. The Morgan fingerprint density at radius 3 is 2.06 bits per heavy atom. The van der Waals surface area contributed by atoms with Gasteiger partial charge in [-0.1, -0.05) is 24.3 Å². The van der Waals surface area contributed by atoms with Gasteiger partial charge in [-0.15, -0.1) is 0 Å². The summed E-state index contributed by atoms with van der Waals surface area (Å²) in [5.41, 5.74) is 2.21. The van der Waals surface area contributed by atoms with Gasteiger partial charge in [-0.25, -0.2) is 4.98 Å². The maximum Gasteiger partial charge on any atom is 0.257 e. The quantitative estimate of drug-likeness (QED) is 0.634. The van der Waals surface area contributed by atoms with Crippen molar-refractivity contribution in [2.24, 2.45) is 0 Å². The fourth-order valence-electron chi connectivity index (χ4n) is 3.74. The second kappa shape index (κ2) is 9.62. The van der Waals surface area contributed by atoms with Gasteiger partial charge in [0, 0.05) is 36.2 Å². The molecular weight excluding hydrogens is 404 g/mol. The summed E-state index contributed by atoms with van der Waals surface area (Å²) >= 11 is 0. The van der Waals surface area contributed by atoms with Crippen LogP contribution >= 0.6 is 0 Å². The number of hydrogen-bond acceptors (Lipinski definition) is 5. The van der Waals surface area contributed by atoms with Crippen LogP contribution in [-0.4, -0.2) is 42.1 Å². The van der Waals surface area contributed by atoms with Crippen LogP contribution in [0.1, 0.15) is 34.6 Å². The molecule has 32 heavy (non-hydrogen) atoms. The number of aromatic nitrogens is 1. The van der Waals surface area contributed by atoms with Crippen molar-refractivity contribution in [1.82, 2.24) is 4.98 Å². The van der Waals surface area contributed by atoms with E-state index in [9.17, 15) is 9.59 Å². The molecule has 7 heteroatoms. The van der Waals surface area contributed by atoms with Crippen molar-refractivity contribution in [3.63, 3.8) is 0 Å². The molecule has 1 saturated heterocycles. The standard InChI is InChI=1S/C25H26N4O3/c1-17-15-29(16-18(2)32-17)23-12-11-20(14-26-23)25(31)28-22-10-6-9-21(13-22)27-24(30)19-7-4-3-5-8-19/h3-14,17-18H,15-16H2,1-2H3,(H,27,30)(H,28,31). The largest absolute Gasteiger partial charge is 0.372 e. The predicted octanol–water partition coefficient (Wildman–Crippen LogP) is 4.20. The summed E-state index contributed by atoms with van der Waals surface area (Å²) in [7, 11) is 0. The van der Waals surface area contributed by atoms with Crippen LogP contribution in [0.2, 0.25) is 0 Å². The molecule has 2 heterocycles. The monoisotopic (exact) mass is 430 g/mol. The molecule has 1 aliphatic heterocycles.